The molecule has 3 N–H and O–H groups in total. The summed E-state index contributed by atoms with van der Waals surface area (Å²) in [6.07, 6.45) is 13.6. The van der Waals surface area contributed by atoms with Crippen LogP contribution < -0.4 is 10.6 Å². The SMILES string of the molecule is C1CCNC1.C=C/C(=C\CC)C1CCC1.CCc1cccc(C)c1.CNC.O=CO. The average Bonchev–Trinajstić information content (AvgIpc) is 3.28. The monoisotopic (exact) mass is 418 g/mol. The predicted molar refractivity (Wildman–Crippen MR) is 132 cm³/mol. The number of benzene rings is 1. The van der Waals surface area contributed by atoms with Crippen LogP contribution in [-0.2, 0) is 11.2 Å². The van der Waals surface area contributed by atoms with Gasteiger partial charge in [0.25, 0.3) is 6.47 Å². The second-order valence-corrected chi connectivity index (χ2v) is 7.35. The molecule has 4 heteroatoms. The molecule has 1 aromatic carbocycles. The van der Waals surface area contributed by atoms with Crippen molar-refractivity contribution in [1.29, 1.82) is 0 Å². The molecular weight excluding hydrogens is 372 g/mol. The van der Waals surface area contributed by atoms with Gasteiger partial charge in [-0.2, -0.15) is 0 Å². The van der Waals surface area contributed by atoms with Gasteiger partial charge in [0.15, 0.2) is 0 Å². The Kier molecular flexibility index (Phi) is 23.6. The van der Waals surface area contributed by atoms with E-state index in [0.717, 1.165) is 18.8 Å². The quantitative estimate of drug-likeness (QED) is 0.429. The van der Waals surface area contributed by atoms with Crippen LogP contribution in [0.3, 0.4) is 0 Å². The first kappa shape index (κ1) is 30.3. The Balaban J connectivity index is 0. The van der Waals surface area contributed by atoms with E-state index in [4.69, 9.17) is 9.90 Å². The molecule has 3 rings (SSSR count). The molecule has 2 fully saturated rings. The highest BCUT2D eigenvalue weighted by Crippen LogP contribution is 2.33. The van der Waals surface area contributed by atoms with Crippen molar-refractivity contribution in [3.05, 3.63) is 59.7 Å². The summed E-state index contributed by atoms with van der Waals surface area (Å²) in [5.74, 6) is 0.859. The van der Waals surface area contributed by atoms with Gasteiger partial charge < -0.3 is 15.7 Å². The Hall–Kier alpha value is -1.91. The highest BCUT2D eigenvalue weighted by molar-refractivity contribution is 5.32. The number of carboxylic acid groups (broad SMARTS) is 1. The van der Waals surface area contributed by atoms with E-state index >= 15 is 0 Å². The van der Waals surface area contributed by atoms with Gasteiger partial charge >= 0.3 is 0 Å². The van der Waals surface area contributed by atoms with Gasteiger partial charge in [0, 0.05) is 0 Å². The van der Waals surface area contributed by atoms with Crippen molar-refractivity contribution >= 4 is 6.47 Å². The van der Waals surface area contributed by atoms with Crippen molar-refractivity contribution in [3.63, 3.8) is 0 Å². The largest absolute Gasteiger partial charge is 0.483 e. The first-order valence-electron chi connectivity index (χ1n) is 11.3. The van der Waals surface area contributed by atoms with Crippen LogP contribution in [0.4, 0.5) is 0 Å². The van der Waals surface area contributed by atoms with Crippen LogP contribution in [0.15, 0.2) is 48.6 Å². The second kappa shape index (κ2) is 23.4. The Labute approximate surface area is 185 Å². The molecule has 172 valence electrons. The summed E-state index contributed by atoms with van der Waals surface area (Å²) in [6.45, 7) is 12.5. The number of nitrogens with one attached hydrogen (secondary N) is 2. The molecule has 0 atom stereocenters. The number of carbonyl (C=O) groups is 1. The van der Waals surface area contributed by atoms with E-state index in [9.17, 15) is 0 Å². The van der Waals surface area contributed by atoms with E-state index in [1.807, 2.05) is 20.2 Å². The molecule has 2 aliphatic rings. The van der Waals surface area contributed by atoms with Crippen LogP contribution in [0.1, 0.15) is 63.5 Å². The normalized spacial score (nSPS) is 14.6. The molecule has 0 aromatic heterocycles. The van der Waals surface area contributed by atoms with Crippen molar-refractivity contribution in [1.82, 2.24) is 10.6 Å². The minimum atomic E-state index is -0.250. The average molecular weight is 419 g/mol. The highest BCUT2D eigenvalue weighted by Gasteiger charge is 2.18. The summed E-state index contributed by atoms with van der Waals surface area (Å²) >= 11 is 0. The van der Waals surface area contributed by atoms with E-state index in [1.54, 1.807) is 0 Å². The molecule has 0 bridgehead atoms. The topological polar surface area (TPSA) is 61.4 Å². The standard InChI is InChI=1S/C10H16.C9H12.C4H9N.C2H7N.CH2O2/c1-3-6-9(4-2)10-7-5-8-10;1-3-9-6-4-5-8(2)7-9;1-2-4-5-3-1;1-3-2;2-1-3/h4,6,10H,2-3,5,7-8H2,1H3;4-7H,3H2,1-2H3;5H,1-4H2;3H,1-2H3;1H,(H,2,3)/b9-6+;;;;. The van der Waals surface area contributed by atoms with Gasteiger partial charge in [-0.05, 0) is 89.7 Å². The first-order valence-corrected chi connectivity index (χ1v) is 11.3. The maximum absolute atomic E-state index is 8.36. The number of aryl methyl sites for hydroxylation is 2. The maximum Gasteiger partial charge on any atom is 0.290 e. The summed E-state index contributed by atoms with van der Waals surface area (Å²) in [5.41, 5.74) is 4.26. The fourth-order valence-electron chi connectivity index (χ4n) is 2.95. The molecule has 1 aliphatic heterocycles. The summed E-state index contributed by atoms with van der Waals surface area (Å²) < 4.78 is 0. The molecule has 0 radical (unpaired) electrons. The smallest absolute Gasteiger partial charge is 0.290 e. The third-order valence-corrected chi connectivity index (χ3v) is 4.70. The van der Waals surface area contributed by atoms with Gasteiger partial charge in [0.05, 0.1) is 0 Å². The summed E-state index contributed by atoms with van der Waals surface area (Å²) in [5, 5.41) is 12.9. The van der Waals surface area contributed by atoms with Crippen molar-refractivity contribution in [3.8, 4) is 0 Å². The van der Waals surface area contributed by atoms with Crippen molar-refractivity contribution in [2.24, 2.45) is 5.92 Å². The minimum Gasteiger partial charge on any atom is -0.483 e. The molecule has 1 aromatic rings. The van der Waals surface area contributed by atoms with Gasteiger partial charge in [-0.1, -0.05) is 68.8 Å². The zero-order valence-electron chi connectivity index (χ0n) is 20.0. The molecule has 1 aliphatic carbocycles. The summed E-state index contributed by atoms with van der Waals surface area (Å²) in [6, 6.07) is 8.61. The lowest BCUT2D eigenvalue weighted by Crippen LogP contribution is -2.12. The van der Waals surface area contributed by atoms with Crippen LogP contribution >= 0.6 is 0 Å². The van der Waals surface area contributed by atoms with E-state index in [2.05, 4.69) is 68.3 Å². The Morgan fingerprint density at radius 1 is 1.20 bits per heavy atom. The lowest BCUT2D eigenvalue weighted by Gasteiger charge is -2.26. The molecule has 0 unspecified atom stereocenters. The van der Waals surface area contributed by atoms with Crippen molar-refractivity contribution in [2.45, 2.75) is 65.7 Å². The lowest BCUT2D eigenvalue weighted by molar-refractivity contribution is -0.122. The predicted octanol–water partition coefficient (Wildman–Crippen LogP) is 5.77. The third kappa shape index (κ3) is 18.1. The van der Waals surface area contributed by atoms with Crippen LogP contribution in [-0.4, -0.2) is 38.8 Å². The fourth-order valence-corrected chi connectivity index (χ4v) is 2.95. The minimum absolute atomic E-state index is 0.250. The van der Waals surface area contributed by atoms with E-state index in [1.165, 1.54) is 61.9 Å². The van der Waals surface area contributed by atoms with Crippen molar-refractivity contribution in [2.75, 3.05) is 27.2 Å². The van der Waals surface area contributed by atoms with Gasteiger partial charge in [-0.15, -0.1) is 0 Å². The Morgan fingerprint density at radius 3 is 2.03 bits per heavy atom. The van der Waals surface area contributed by atoms with E-state index in [-0.39, 0.29) is 6.47 Å². The fraction of sp³-hybridized carbons (Fsp3) is 0.577. The highest BCUT2D eigenvalue weighted by atomic mass is 16.3. The number of hydrogen-bond donors (Lipinski definition) is 3. The van der Waals surface area contributed by atoms with E-state index in [0.29, 0.717) is 0 Å². The molecule has 0 amide bonds. The molecule has 1 saturated carbocycles. The van der Waals surface area contributed by atoms with E-state index < -0.39 is 0 Å². The molecule has 1 heterocycles. The molecule has 4 nitrogen and oxygen atoms in total. The Morgan fingerprint density at radius 2 is 1.77 bits per heavy atom. The third-order valence-electron chi connectivity index (χ3n) is 4.70. The van der Waals surface area contributed by atoms with Crippen LogP contribution in [0.25, 0.3) is 0 Å². The van der Waals surface area contributed by atoms with Crippen LogP contribution in [0.2, 0.25) is 0 Å². The molecule has 0 spiro atoms. The number of hydrogen-bond acceptors (Lipinski definition) is 3. The summed E-state index contributed by atoms with van der Waals surface area (Å²) in [4.78, 5) is 8.36. The number of rotatable bonds is 4. The zero-order chi connectivity index (χ0) is 23.0. The van der Waals surface area contributed by atoms with Crippen molar-refractivity contribution < 1.29 is 9.90 Å². The molecule has 30 heavy (non-hydrogen) atoms. The molecular formula is C26H46N2O2. The second-order valence-electron chi connectivity index (χ2n) is 7.35. The zero-order valence-corrected chi connectivity index (χ0v) is 20.0. The van der Waals surface area contributed by atoms with Crippen LogP contribution in [0, 0.1) is 12.8 Å². The van der Waals surface area contributed by atoms with Gasteiger partial charge in [0.2, 0.25) is 0 Å². The summed E-state index contributed by atoms with van der Waals surface area (Å²) in [7, 11) is 3.75. The Bertz CT molecular complexity index is 540. The number of allylic oxidation sites excluding steroid dienone is 3. The molecule has 1 saturated heterocycles. The maximum atomic E-state index is 8.36. The first-order chi connectivity index (χ1) is 14.5. The van der Waals surface area contributed by atoms with Crippen LogP contribution in [0.5, 0.6) is 0 Å². The van der Waals surface area contributed by atoms with Gasteiger partial charge in [-0.3, -0.25) is 4.79 Å². The van der Waals surface area contributed by atoms with Gasteiger partial charge in [0.1, 0.15) is 0 Å². The van der Waals surface area contributed by atoms with Gasteiger partial charge in [-0.25, -0.2) is 0 Å². The lowest BCUT2D eigenvalue weighted by atomic mass is 9.79.